The van der Waals surface area contributed by atoms with Crippen molar-refractivity contribution >= 4 is 23.2 Å². The predicted molar refractivity (Wildman–Crippen MR) is 116 cm³/mol. The fourth-order valence-electron chi connectivity index (χ4n) is 3.23. The van der Waals surface area contributed by atoms with Crippen LogP contribution in [0.2, 0.25) is 0 Å². The minimum Gasteiger partial charge on any atom is -0.497 e. The molecule has 1 aliphatic heterocycles. The molecule has 7 nitrogen and oxygen atoms in total. The van der Waals surface area contributed by atoms with E-state index < -0.39 is 0 Å². The molecule has 0 radical (unpaired) electrons. The molecular weight excluding hydrogens is 366 g/mol. The van der Waals surface area contributed by atoms with Gasteiger partial charge in [-0.15, -0.1) is 0 Å². The lowest BCUT2D eigenvalue weighted by molar-refractivity contribution is 0.415. The van der Waals surface area contributed by atoms with Gasteiger partial charge in [0.1, 0.15) is 5.75 Å². The molecule has 2 heterocycles. The van der Waals surface area contributed by atoms with Crippen molar-refractivity contribution in [3.63, 3.8) is 0 Å². The second-order valence-electron chi connectivity index (χ2n) is 6.80. The van der Waals surface area contributed by atoms with Crippen LogP contribution in [0.5, 0.6) is 5.75 Å². The summed E-state index contributed by atoms with van der Waals surface area (Å²) in [7, 11) is 3.34. The zero-order chi connectivity index (χ0) is 20.2. The lowest BCUT2D eigenvalue weighted by Gasteiger charge is -2.13. The Morgan fingerprint density at radius 2 is 1.90 bits per heavy atom. The normalized spacial score (nSPS) is 13.0. The molecule has 0 spiro atoms. The fourth-order valence-corrected chi connectivity index (χ4v) is 3.23. The van der Waals surface area contributed by atoms with E-state index in [1.807, 2.05) is 54.6 Å². The molecule has 0 bridgehead atoms. The van der Waals surface area contributed by atoms with E-state index in [4.69, 9.17) is 4.74 Å². The highest BCUT2D eigenvalue weighted by Gasteiger charge is 2.19. The third-order valence-corrected chi connectivity index (χ3v) is 4.88. The summed E-state index contributed by atoms with van der Waals surface area (Å²) in [6.45, 7) is 1.23. The van der Waals surface area contributed by atoms with Gasteiger partial charge in [0.2, 0.25) is 5.95 Å². The van der Waals surface area contributed by atoms with Crippen LogP contribution in [0.4, 0.5) is 17.5 Å². The number of rotatable bonds is 5. The van der Waals surface area contributed by atoms with Crippen LogP contribution in [-0.4, -0.2) is 28.9 Å². The number of methoxy groups -OCH3 is 1. The molecule has 29 heavy (non-hydrogen) atoms. The van der Waals surface area contributed by atoms with E-state index in [0.29, 0.717) is 37.0 Å². The Balaban J connectivity index is 1.66. The van der Waals surface area contributed by atoms with E-state index in [1.54, 1.807) is 14.2 Å². The highest BCUT2D eigenvalue weighted by molar-refractivity contribution is 6.03. The van der Waals surface area contributed by atoms with Crippen LogP contribution in [0, 0.1) is 0 Å². The molecule has 148 valence electrons. The van der Waals surface area contributed by atoms with Crippen LogP contribution in [0.15, 0.2) is 64.4 Å². The fraction of sp³-hybridized carbons (Fsp3) is 0.227. The van der Waals surface area contributed by atoms with E-state index in [1.165, 1.54) is 4.57 Å². The molecule has 2 aromatic carbocycles. The molecule has 1 aliphatic rings. The molecule has 0 aliphatic carbocycles. The predicted octanol–water partition coefficient (Wildman–Crippen LogP) is 3.34. The highest BCUT2D eigenvalue weighted by atomic mass is 16.5. The largest absolute Gasteiger partial charge is 0.497 e. The second-order valence-corrected chi connectivity index (χ2v) is 6.80. The van der Waals surface area contributed by atoms with Crippen molar-refractivity contribution in [1.29, 1.82) is 0 Å². The van der Waals surface area contributed by atoms with Crippen LogP contribution < -0.4 is 20.9 Å². The number of hydrogen-bond acceptors (Lipinski definition) is 6. The van der Waals surface area contributed by atoms with Crippen LogP contribution in [0.25, 0.3) is 0 Å². The van der Waals surface area contributed by atoms with Gasteiger partial charge in [0.15, 0.2) is 11.5 Å². The molecule has 3 aromatic rings. The molecule has 0 fully saturated rings. The van der Waals surface area contributed by atoms with Gasteiger partial charge in [0.05, 0.1) is 12.8 Å². The summed E-state index contributed by atoms with van der Waals surface area (Å²) in [5.74, 6) is 1.80. The smallest absolute Gasteiger partial charge is 0.282 e. The number of nitrogens with zero attached hydrogens (tertiary/aromatic N) is 3. The Labute approximate surface area is 169 Å². The van der Waals surface area contributed by atoms with Gasteiger partial charge in [-0.05, 0) is 35.4 Å². The van der Waals surface area contributed by atoms with E-state index in [0.717, 1.165) is 22.6 Å². The monoisotopic (exact) mass is 389 g/mol. The van der Waals surface area contributed by atoms with Gasteiger partial charge in [-0.2, -0.15) is 4.98 Å². The molecule has 1 aromatic heterocycles. The SMILES string of the molecule is COc1ccc(C2=Nc3c(nc(NCc4ccccc4)n(C)c3=O)NCC2)cc1. The second kappa shape index (κ2) is 8.18. The molecule has 7 heteroatoms. The maximum absolute atomic E-state index is 13.0. The van der Waals surface area contributed by atoms with Gasteiger partial charge in [-0.1, -0.05) is 30.3 Å². The lowest BCUT2D eigenvalue weighted by Crippen LogP contribution is -2.23. The summed E-state index contributed by atoms with van der Waals surface area (Å²) in [6, 6.07) is 17.7. The maximum Gasteiger partial charge on any atom is 0.282 e. The third kappa shape index (κ3) is 3.99. The third-order valence-electron chi connectivity index (χ3n) is 4.88. The van der Waals surface area contributed by atoms with Crippen molar-refractivity contribution < 1.29 is 4.74 Å². The Morgan fingerprint density at radius 3 is 2.62 bits per heavy atom. The van der Waals surface area contributed by atoms with Crippen LogP contribution in [-0.2, 0) is 13.6 Å². The zero-order valence-electron chi connectivity index (χ0n) is 16.5. The van der Waals surface area contributed by atoms with E-state index in [2.05, 4.69) is 20.6 Å². The first-order valence-corrected chi connectivity index (χ1v) is 9.50. The molecule has 4 rings (SSSR count). The molecule has 2 N–H and O–H groups in total. The van der Waals surface area contributed by atoms with E-state index >= 15 is 0 Å². The molecule has 0 saturated carbocycles. The summed E-state index contributed by atoms with van der Waals surface area (Å²) in [4.78, 5) is 22.3. The van der Waals surface area contributed by atoms with Crippen LogP contribution >= 0.6 is 0 Å². The van der Waals surface area contributed by atoms with Crippen molar-refractivity contribution in [1.82, 2.24) is 9.55 Å². The molecule has 0 saturated heterocycles. The summed E-state index contributed by atoms with van der Waals surface area (Å²) < 4.78 is 6.72. The van der Waals surface area contributed by atoms with E-state index in [-0.39, 0.29) is 5.56 Å². The minimum atomic E-state index is -0.189. The first kappa shape index (κ1) is 18.7. The quantitative estimate of drug-likeness (QED) is 0.700. The summed E-state index contributed by atoms with van der Waals surface area (Å²) in [6.07, 6.45) is 0.693. The highest BCUT2D eigenvalue weighted by Crippen LogP contribution is 2.25. The Bertz CT molecular complexity index is 1090. The topological polar surface area (TPSA) is 80.5 Å². The van der Waals surface area contributed by atoms with Crippen molar-refractivity contribution in [3.8, 4) is 5.75 Å². The Hall–Kier alpha value is -3.61. The number of nitrogens with one attached hydrogen (secondary N) is 2. The minimum absolute atomic E-state index is 0.189. The Kier molecular flexibility index (Phi) is 5.29. The lowest BCUT2D eigenvalue weighted by atomic mass is 10.1. The Morgan fingerprint density at radius 1 is 1.14 bits per heavy atom. The molecule has 0 unspecified atom stereocenters. The molecule has 0 atom stereocenters. The number of aliphatic imine (C=N–C) groups is 1. The van der Waals surface area contributed by atoms with Gasteiger partial charge in [0, 0.05) is 26.6 Å². The van der Waals surface area contributed by atoms with E-state index in [9.17, 15) is 4.79 Å². The van der Waals surface area contributed by atoms with Gasteiger partial charge >= 0.3 is 0 Å². The molecule has 0 amide bonds. The first-order chi connectivity index (χ1) is 14.2. The molecular formula is C22H23N5O2. The van der Waals surface area contributed by atoms with Gasteiger partial charge < -0.3 is 15.4 Å². The van der Waals surface area contributed by atoms with Crippen LogP contribution in [0.3, 0.4) is 0 Å². The number of benzene rings is 2. The number of fused-ring (bicyclic) bond motifs is 1. The first-order valence-electron chi connectivity index (χ1n) is 9.50. The van der Waals surface area contributed by atoms with Crippen molar-refractivity contribution in [2.45, 2.75) is 13.0 Å². The van der Waals surface area contributed by atoms with Gasteiger partial charge in [0.25, 0.3) is 5.56 Å². The average molecular weight is 389 g/mol. The number of anilines is 2. The summed E-state index contributed by atoms with van der Waals surface area (Å²) in [5, 5.41) is 6.50. The van der Waals surface area contributed by atoms with Crippen molar-refractivity contribution in [3.05, 3.63) is 76.1 Å². The van der Waals surface area contributed by atoms with Crippen LogP contribution in [0.1, 0.15) is 17.5 Å². The summed E-state index contributed by atoms with van der Waals surface area (Å²) in [5.41, 5.74) is 3.08. The number of aromatic nitrogens is 2. The standard InChI is InChI=1S/C22H23N5O2/c1-27-21(28)19-20(26-22(27)24-14-15-6-4-3-5-7-15)23-13-12-18(25-19)16-8-10-17(29-2)11-9-16/h3-11,23H,12-14H2,1-2H3,(H,24,26). The summed E-state index contributed by atoms with van der Waals surface area (Å²) >= 11 is 0. The average Bonchev–Trinajstić information content (AvgIpc) is 2.99. The van der Waals surface area contributed by atoms with Crippen molar-refractivity contribution in [2.24, 2.45) is 12.0 Å². The van der Waals surface area contributed by atoms with Gasteiger partial charge in [-0.3, -0.25) is 9.36 Å². The maximum atomic E-state index is 13.0. The number of ether oxygens (including phenoxy) is 1. The zero-order valence-corrected chi connectivity index (χ0v) is 16.5. The van der Waals surface area contributed by atoms with Gasteiger partial charge in [-0.25, -0.2) is 4.99 Å². The number of hydrogen-bond donors (Lipinski definition) is 2. The van der Waals surface area contributed by atoms with Crippen molar-refractivity contribution in [2.75, 3.05) is 24.3 Å².